The molecule has 3 aromatic rings. The molecule has 2 amide bonds. The number of benzene rings is 2. The summed E-state index contributed by atoms with van der Waals surface area (Å²) in [5, 5.41) is 2.95. The number of anilines is 1. The second kappa shape index (κ2) is 8.76. The number of amides is 2. The summed E-state index contributed by atoms with van der Waals surface area (Å²) in [7, 11) is 0. The summed E-state index contributed by atoms with van der Waals surface area (Å²) in [6.45, 7) is 4.76. The van der Waals surface area contributed by atoms with Crippen molar-refractivity contribution in [3.05, 3.63) is 83.4 Å². The summed E-state index contributed by atoms with van der Waals surface area (Å²) in [6, 6.07) is 17.8. The van der Waals surface area contributed by atoms with E-state index in [1.165, 1.54) is 6.07 Å². The Labute approximate surface area is 181 Å². The minimum atomic E-state index is -0.325. The van der Waals surface area contributed by atoms with Crippen molar-refractivity contribution in [2.75, 3.05) is 18.4 Å². The number of nitrogens with zero attached hydrogens (tertiary/aromatic N) is 2. The van der Waals surface area contributed by atoms with E-state index in [4.69, 9.17) is 0 Å². The zero-order valence-electron chi connectivity index (χ0n) is 17.8. The third-order valence-corrected chi connectivity index (χ3v) is 5.95. The topological polar surface area (TPSA) is 54.3 Å². The molecule has 0 spiro atoms. The summed E-state index contributed by atoms with van der Waals surface area (Å²) in [6.07, 6.45) is 1.24. The lowest BCUT2D eigenvalue weighted by Crippen LogP contribution is -2.41. The van der Waals surface area contributed by atoms with E-state index < -0.39 is 0 Å². The largest absolute Gasteiger partial charge is 0.339 e. The Morgan fingerprint density at radius 2 is 1.61 bits per heavy atom. The number of piperidine rings is 1. The van der Waals surface area contributed by atoms with Crippen molar-refractivity contribution in [1.29, 1.82) is 0 Å². The Bertz CT molecular complexity index is 1100. The molecule has 0 bridgehead atoms. The van der Waals surface area contributed by atoms with Gasteiger partial charge in [-0.2, -0.15) is 0 Å². The lowest BCUT2D eigenvalue weighted by Gasteiger charge is -2.31. The van der Waals surface area contributed by atoms with E-state index in [0.29, 0.717) is 37.2 Å². The third kappa shape index (κ3) is 4.24. The number of carbonyl (C=O) groups excluding carboxylic acids is 2. The van der Waals surface area contributed by atoms with E-state index in [2.05, 4.69) is 5.32 Å². The second-order valence-electron chi connectivity index (χ2n) is 7.99. The molecule has 1 fully saturated rings. The molecule has 1 aliphatic rings. The average molecular weight is 420 g/mol. The number of rotatable bonds is 4. The molecule has 6 heteroatoms. The number of hydrogen-bond acceptors (Lipinski definition) is 2. The minimum Gasteiger partial charge on any atom is -0.339 e. The molecule has 1 aromatic heterocycles. The molecular weight excluding hydrogens is 393 g/mol. The van der Waals surface area contributed by atoms with Gasteiger partial charge in [0, 0.05) is 36.1 Å². The van der Waals surface area contributed by atoms with E-state index in [1.54, 1.807) is 27.7 Å². The highest BCUT2D eigenvalue weighted by atomic mass is 19.1. The number of likely N-dealkylation sites (tertiary alicyclic amines) is 1. The van der Waals surface area contributed by atoms with Crippen molar-refractivity contribution < 1.29 is 14.0 Å². The highest BCUT2D eigenvalue weighted by Crippen LogP contribution is 2.26. The average Bonchev–Trinajstić information content (AvgIpc) is 3.08. The van der Waals surface area contributed by atoms with E-state index in [0.717, 1.165) is 17.1 Å². The number of hydrogen-bond donors (Lipinski definition) is 1. The molecule has 0 atom stereocenters. The first-order valence-corrected chi connectivity index (χ1v) is 10.5. The number of aromatic nitrogens is 1. The van der Waals surface area contributed by atoms with Gasteiger partial charge < -0.3 is 14.8 Å². The van der Waals surface area contributed by atoms with Crippen LogP contribution in [-0.2, 0) is 4.79 Å². The maximum absolute atomic E-state index is 14.3. The minimum absolute atomic E-state index is 0.00368. The van der Waals surface area contributed by atoms with E-state index in [-0.39, 0.29) is 23.5 Å². The predicted octanol–water partition coefficient (Wildman–Crippen LogP) is 4.72. The normalized spacial score (nSPS) is 14.5. The zero-order chi connectivity index (χ0) is 22.0. The molecule has 0 aliphatic carbocycles. The van der Waals surface area contributed by atoms with Crippen LogP contribution in [0.25, 0.3) is 5.69 Å². The predicted molar refractivity (Wildman–Crippen MR) is 119 cm³/mol. The maximum Gasteiger partial charge on any atom is 0.255 e. The van der Waals surface area contributed by atoms with Crippen molar-refractivity contribution in [3.63, 3.8) is 0 Å². The zero-order valence-corrected chi connectivity index (χ0v) is 17.8. The van der Waals surface area contributed by atoms with Crippen LogP contribution >= 0.6 is 0 Å². The Hall–Kier alpha value is -3.41. The monoisotopic (exact) mass is 419 g/mol. The summed E-state index contributed by atoms with van der Waals surface area (Å²) < 4.78 is 16.1. The molecule has 4 rings (SSSR count). The van der Waals surface area contributed by atoms with Crippen LogP contribution in [0.5, 0.6) is 0 Å². The summed E-state index contributed by atoms with van der Waals surface area (Å²) in [4.78, 5) is 27.5. The third-order valence-electron chi connectivity index (χ3n) is 5.95. The van der Waals surface area contributed by atoms with Crippen LogP contribution in [0.1, 0.15) is 34.6 Å². The summed E-state index contributed by atoms with van der Waals surface area (Å²) in [5.74, 6) is -0.516. The molecule has 31 heavy (non-hydrogen) atoms. The van der Waals surface area contributed by atoms with Gasteiger partial charge in [-0.05, 0) is 57.0 Å². The Morgan fingerprint density at radius 1 is 0.968 bits per heavy atom. The first-order valence-electron chi connectivity index (χ1n) is 10.5. The van der Waals surface area contributed by atoms with Crippen molar-refractivity contribution in [2.24, 2.45) is 5.92 Å². The van der Waals surface area contributed by atoms with Crippen LogP contribution < -0.4 is 5.32 Å². The van der Waals surface area contributed by atoms with Gasteiger partial charge in [0.1, 0.15) is 5.82 Å². The first-order chi connectivity index (χ1) is 15.0. The fourth-order valence-electron chi connectivity index (χ4n) is 4.26. The molecular formula is C25H26FN3O2. The second-order valence-corrected chi connectivity index (χ2v) is 7.99. The number of carbonyl (C=O) groups is 2. The van der Waals surface area contributed by atoms with Crippen LogP contribution in [0.2, 0.25) is 0 Å². The van der Waals surface area contributed by atoms with Gasteiger partial charge in [-0.15, -0.1) is 0 Å². The van der Waals surface area contributed by atoms with Crippen molar-refractivity contribution in [1.82, 2.24) is 9.47 Å². The summed E-state index contributed by atoms with van der Waals surface area (Å²) >= 11 is 0. The molecule has 2 heterocycles. The molecule has 160 valence electrons. The van der Waals surface area contributed by atoms with E-state index in [1.807, 2.05) is 50.2 Å². The SMILES string of the molecule is Cc1cc(C(=O)N2CCC(C(=O)Nc3ccccc3)CC2)c(C)n1-c1ccccc1F. The lowest BCUT2D eigenvalue weighted by molar-refractivity contribution is -0.121. The highest BCUT2D eigenvalue weighted by Gasteiger charge is 2.29. The fourth-order valence-corrected chi connectivity index (χ4v) is 4.26. The Kier molecular flexibility index (Phi) is 5.89. The molecule has 1 saturated heterocycles. The van der Waals surface area contributed by atoms with Crippen LogP contribution in [0.3, 0.4) is 0 Å². The van der Waals surface area contributed by atoms with Crippen LogP contribution in [0.4, 0.5) is 10.1 Å². The van der Waals surface area contributed by atoms with Gasteiger partial charge in [0.05, 0.1) is 11.3 Å². The first kappa shape index (κ1) is 20.8. The van der Waals surface area contributed by atoms with Gasteiger partial charge in [0.15, 0.2) is 0 Å². The standard InChI is InChI=1S/C25H26FN3O2/c1-17-16-21(18(2)29(17)23-11-7-6-10-22(23)26)25(31)28-14-12-19(13-15-28)24(30)27-20-8-4-3-5-9-20/h3-11,16,19H,12-15H2,1-2H3,(H,27,30). The van der Waals surface area contributed by atoms with Crippen molar-refractivity contribution in [3.8, 4) is 5.69 Å². The number of para-hydroxylation sites is 2. The van der Waals surface area contributed by atoms with Gasteiger partial charge in [-0.3, -0.25) is 9.59 Å². The smallest absolute Gasteiger partial charge is 0.255 e. The van der Waals surface area contributed by atoms with Gasteiger partial charge in [-0.1, -0.05) is 30.3 Å². The fraction of sp³-hybridized carbons (Fsp3) is 0.280. The van der Waals surface area contributed by atoms with Gasteiger partial charge in [0.2, 0.25) is 5.91 Å². The van der Waals surface area contributed by atoms with Gasteiger partial charge in [-0.25, -0.2) is 4.39 Å². The van der Waals surface area contributed by atoms with Crippen LogP contribution in [0, 0.1) is 25.6 Å². The molecule has 0 radical (unpaired) electrons. The molecule has 0 unspecified atom stereocenters. The van der Waals surface area contributed by atoms with Crippen LogP contribution in [-0.4, -0.2) is 34.4 Å². The van der Waals surface area contributed by atoms with Gasteiger partial charge >= 0.3 is 0 Å². The summed E-state index contributed by atoms with van der Waals surface area (Å²) in [5.41, 5.74) is 3.33. The van der Waals surface area contributed by atoms with Gasteiger partial charge in [0.25, 0.3) is 5.91 Å². The lowest BCUT2D eigenvalue weighted by atomic mass is 9.95. The van der Waals surface area contributed by atoms with Crippen molar-refractivity contribution in [2.45, 2.75) is 26.7 Å². The van der Waals surface area contributed by atoms with E-state index >= 15 is 0 Å². The molecule has 2 aromatic carbocycles. The molecule has 5 nitrogen and oxygen atoms in total. The van der Waals surface area contributed by atoms with E-state index in [9.17, 15) is 14.0 Å². The molecule has 1 aliphatic heterocycles. The Morgan fingerprint density at radius 3 is 2.29 bits per heavy atom. The van der Waals surface area contributed by atoms with Crippen LogP contribution in [0.15, 0.2) is 60.7 Å². The quantitative estimate of drug-likeness (QED) is 0.665. The Balaban J connectivity index is 1.44. The highest BCUT2D eigenvalue weighted by molar-refractivity contribution is 5.96. The number of nitrogens with one attached hydrogen (secondary N) is 1. The number of aryl methyl sites for hydroxylation is 1. The molecule has 1 N–H and O–H groups in total. The van der Waals surface area contributed by atoms with Crippen molar-refractivity contribution >= 4 is 17.5 Å². The maximum atomic E-state index is 14.3. The molecule has 0 saturated carbocycles. The number of halogens is 1.